The van der Waals surface area contributed by atoms with E-state index in [2.05, 4.69) is 22.0 Å². The quantitative estimate of drug-likeness (QED) is 0.428. The van der Waals surface area contributed by atoms with E-state index in [1.807, 2.05) is 0 Å². The van der Waals surface area contributed by atoms with Crippen LogP contribution in [-0.2, 0) is 4.79 Å². The van der Waals surface area contributed by atoms with Gasteiger partial charge in [0.05, 0.1) is 17.6 Å². The molecule has 1 aromatic rings. The van der Waals surface area contributed by atoms with Crippen LogP contribution < -0.4 is 11.1 Å². The summed E-state index contributed by atoms with van der Waals surface area (Å²) < 4.78 is 0. The zero-order chi connectivity index (χ0) is 13.7. The van der Waals surface area contributed by atoms with E-state index in [9.17, 15) is 9.59 Å². The van der Waals surface area contributed by atoms with Gasteiger partial charge < -0.3 is 11.1 Å². The number of nitrogens with two attached hydrogens (primary N) is 1. The summed E-state index contributed by atoms with van der Waals surface area (Å²) in [5.74, 6) is -0.575. The zero-order valence-electron chi connectivity index (χ0n) is 10.1. The minimum absolute atomic E-state index is 0.214. The molecule has 1 heterocycles. The van der Waals surface area contributed by atoms with Gasteiger partial charge in [-0.2, -0.15) is 0 Å². The van der Waals surface area contributed by atoms with Gasteiger partial charge in [0.25, 0.3) is 0 Å². The number of carbonyl (C=O) groups is 2. The highest BCUT2D eigenvalue weighted by molar-refractivity contribution is 8.68. The largest absolute Gasteiger partial charge is 0.345 e. The highest BCUT2D eigenvalue weighted by Crippen LogP contribution is 2.23. The molecule has 98 valence electrons. The molecule has 0 fully saturated rings. The van der Waals surface area contributed by atoms with Crippen LogP contribution in [0.1, 0.15) is 24.2 Å². The third-order valence-corrected chi connectivity index (χ3v) is 3.31. The summed E-state index contributed by atoms with van der Waals surface area (Å²) in [6.07, 6.45) is 1.58. The van der Waals surface area contributed by atoms with E-state index in [-0.39, 0.29) is 11.7 Å². The number of amides is 1. The molecule has 0 radical (unpaired) electrons. The molecule has 0 aliphatic rings. The van der Waals surface area contributed by atoms with E-state index >= 15 is 0 Å². The summed E-state index contributed by atoms with van der Waals surface area (Å²) in [7, 11) is 1.09. The lowest BCUT2D eigenvalue weighted by Crippen LogP contribution is -2.46. The number of ketones is 1. The van der Waals surface area contributed by atoms with Crippen LogP contribution in [0.15, 0.2) is 23.4 Å². The van der Waals surface area contributed by atoms with E-state index in [4.69, 9.17) is 5.73 Å². The normalized spacial score (nSPS) is 13.8. The van der Waals surface area contributed by atoms with Crippen LogP contribution in [0.5, 0.6) is 0 Å². The first-order valence-electron chi connectivity index (χ1n) is 5.34. The SMILES string of the molecule is C[C@H](N)C(=O)N[C@@H](C)C(=O)c1cccnc1SS. The topological polar surface area (TPSA) is 85.1 Å². The smallest absolute Gasteiger partial charge is 0.237 e. The third kappa shape index (κ3) is 3.72. The van der Waals surface area contributed by atoms with E-state index in [1.54, 1.807) is 32.2 Å². The molecule has 3 N–H and O–H groups in total. The molecule has 1 aromatic heterocycles. The predicted octanol–water partition coefficient (Wildman–Crippen LogP) is 1.05. The van der Waals surface area contributed by atoms with Crippen molar-refractivity contribution in [2.24, 2.45) is 5.73 Å². The number of rotatable bonds is 5. The Morgan fingerprint density at radius 2 is 2.17 bits per heavy atom. The van der Waals surface area contributed by atoms with Crippen LogP contribution in [-0.4, -0.2) is 28.8 Å². The number of hydrogen-bond acceptors (Lipinski definition) is 6. The van der Waals surface area contributed by atoms with Gasteiger partial charge in [-0.25, -0.2) is 4.98 Å². The summed E-state index contributed by atoms with van der Waals surface area (Å²) in [4.78, 5) is 27.6. The lowest BCUT2D eigenvalue weighted by molar-refractivity contribution is -0.122. The molecule has 0 aliphatic heterocycles. The number of pyridine rings is 1. The molecule has 0 saturated heterocycles. The maximum atomic E-state index is 12.1. The number of carbonyl (C=O) groups excluding carboxylic acids is 2. The lowest BCUT2D eigenvalue weighted by Gasteiger charge is -2.15. The van der Waals surface area contributed by atoms with Crippen molar-refractivity contribution in [1.29, 1.82) is 0 Å². The van der Waals surface area contributed by atoms with Crippen molar-refractivity contribution in [2.45, 2.75) is 31.0 Å². The number of thiol groups is 1. The van der Waals surface area contributed by atoms with Gasteiger partial charge in [-0.15, -0.1) is 11.7 Å². The molecule has 7 heteroatoms. The van der Waals surface area contributed by atoms with Gasteiger partial charge in [0.1, 0.15) is 5.03 Å². The molecular formula is C11H15N3O2S2. The van der Waals surface area contributed by atoms with Gasteiger partial charge in [-0.05, 0) is 36.8 Å². The van der Waals surface area contributed by atoms with Crippen molar-refractivity contribution in [1.82, 2.24) is 10.3 Å². The van der Waals surface area contributed by atoms with Gasteiger partial charge in [0.15, 0.2) is 5.78 Å². The van der Waals surface area contributed by atoms with Crippen LogP contribution in [0.2, 0.25) is 0 Å². The molecule has 0 aliphatic carbocycles. The Balaban J connectivity index is 2.83. The average Bonchev–Trinajstić information content (AvgIpc) is 2.37. The summed E-state index contributed by atoms with van der Waals surface area (Å²) in [6.45, 7) is 3.17. The van der Waals surface area contributed by atoms with Gasteiger partial charge in [0.2, 0.25) is 5.91 Å². The van der Waals surface area contributed by atoms with Crippen molar-refractivity contribution in [3.63, 3.8) is 0 Å². The fourth-order valence-corrected chi connectivity index (χ4v) is 2.11. The molecule has 1 amide bonds. The van der Waals surface area contributed by atoms with Crippen molar-refractivity contribution < 1.29 is 9.59 Å². The van der Waals surface area contributed by atoms with E-state index in [0.717, 1.165) is 10.8 Å². The Morgan fingerprint density at radius 3 is 2.72 bits per heavy atom. The van der Waals surface area contributed by atoms with Crippen molar-refractivity contribution >= 4 is 34.1 Å². The molecule has 0 aromatic carbocycles. The predicted molar refractivity (Wildman–Crippen MR) is 74.7 cm³/mol. The van der Waals surface area contributed by atoms with Gasteiger partial charge in [-0.3, -0.25) is 9.59 Å². The van der Waals surface area contributed by atoms with Crippen molar-refractivity contribution in [3.8, 4) is 0 Å². The molecule has 0 spiro atoms. The standard InChI is InChI=1S/C11H15N3O2S2/c1-6(12)10(16)14-7(2)9(15)8-4-3-5-13-11(8)18-17/h3-7,17H,12H2,1-2H3,(H,14,16)/t6-,7-/m0/s1. The van der Waals surface area contributed by atoms with E-state index in [0.29, 0.717) is 10.6 Å². The molecule has 0 bridgehead atoms. The van der Waals surface area contributed by atoms with Crippen LogP contribution in [0.3, 0.4) is 0 Å². The first-order valence-corrected chi connectivity index (χ1v) is 7.20. The van der Waals surface area contributed by atoms with Gasteiger partial charge in [0, 0.05) is 6.20 Å². The Labute approximate surface area is 115 Å². The number of aromatic nitrogens is 1. The molecule has 1 rings (SSSR count). The first kappa shape index (κ1) is 15.0. The van der Waals surface area contributed by atoms with Crippen molar-refractivity contribution in [3.05, 3.63) is 23.9 Å². The van der Waals surface area contributed by atoms with Crippen LogP contribution in [0, 0.1) is 0 Å². The maximum Gasteiger partial charge on any atom is 0.237 e. The second kappa shape index (κ2) is 6.77. The number of nitrogens with one attached hydrogen (secondary N) is 1. The first-order chi connectivity index (χ1) is 8.47. The Kier molecular flexibility index (Phi) is 5.64. The second-order valence-corrected chi connectivity index (χ2v) is 4.95. The molecule has 5 nitrogen and oxygen atoms in total. The summed E-state index contributed by atoms with van der Waals surface area (Å²) in [6, 6.07) is 2.03. The van der Waals surface area contributed by atoms with Gasteiger partial charge >= 0.3 is 0 Å². The molecule has 0 saturated carbocycles. The summed E-state index contributed by atoms with van der Waals surface area (Å²) >= 11 is 4.04. The molecule has 0 unspecified atom stereocenters. The van der Waals surface area contributed by atoms with E-state index in [1.165, 1.54) is 0 Å². The molecule has 18 heavy (non-hydrogen) atoms. The van der Waals surface area contributed by atoms with Gasteiger partial charge in [-0.1, -0.05) is 0 Å². The fraction of sp³-hybridized carbons (Fsp3) is 0.364. The average molecular weight is 285 g/mol. The number of nitrogens with zero attached hydrogens (tertiary/aromatic N) is 1. The number of Topliss-reactive ketones (excluding diaryl/α,β-unsaturated/α-hetero) is 1. The van der Waals surface area contributed by atoms with Crippen LogP contribution in [0.25, 0.3) is 0 Å². The Bertz CT molecular complexity index is 452. The van der Waals surface area contributed by atoms with Crippen LogP contribution in [0.4, 0.5) is 0 Å². The number of hydrogen-bond donors (Lipinski definition) is 3. The van der Waals surface area contributed by atoms with E-state index < -0.39 is 12.1 Å². The highest BCUT2D eigenvalue weighted by Gasteiger charge is 2.21. The maximum absolute atomic E-state index is 12.1. The third-order valence-electron chi connectivity index (χ3n) is 2.29. The highest BCUT2D eigenvalue weighted by atomic mass is 33.1. The minimum Gasteiger partial charge on any atom is -0.345 e. The summed E-state index contributed by atoms with van der Waals surface area (Å²) in [5.41, 5.74) is 5.87. The minimum atomic E-state index is -0.646. The zero-order valence-corrected chi connectivity index (χ0v) is 11.8. The van der Waals surface area contributed by atoms with Crippen molar-refractivity contribution in [2.75, 3.05) is 0 Å². The second-order valence-electron chi connectivity index (χ2n) is 3.83. The van der Waals surface area contributed by atoms with Crippen LogP contribution >= 0.6 is 22.5 Å². The summed E-state index contributed by atoms with van der Waals surface area (Å²) in [5, 5.41) is 3.07. The Morgan fingerprint density at radius 1 is 1.50 bits per heavy atom. The lowest BCUT2D eigenvalue weighted by atomic mass is 10.1. The molecular weight excluding hydrogens is 270 g/mol. The Hall–Kier alpha value is -1.05. The monoisotopic (exact) mass is 285 g/mol. The molecule has 2 atom stereocenters. The fourth-order valence-electron chi connectivity index (χ4n) is 1.29.